The maximum Gasteiger partial charge on any atom is 0.435 e. The van der Waals surface area contributed by atoms with E-state index in [0.29, 0.717) is 31.6 Å². The summed E-state index contributed by atoms with van der Waals surface area (Å²) in [5, 5.41) is 0. The third kappa shape index (κ3) is 4.81. The molecule has 46 heavy (non-hydrogen) atoms. The molecule has 2 heterocycles. The number of fused-ring (bicyclic) bond motifs is 3. The number of hydrogen-bond acceptors (Lipinski definition) is 4. The van der Waals surface area contributed by atoms with Gasteiger partial charge in [0.2, 0.25) is 5.91 Å². The van der Waals surface area contributed by atoms with E-state index in [1.165, 1.54) is 0 Å². The molecule has 1 aliphatic carbocycles. The van der Waals surface area contributed by atoms with Crippen molar-refractivity contribution in [2.45, 2.75) is 72.0 Å². The first-order chi connectivity index (χ1) is 21.5. The largest absolute Gasteiger partial charge is 0.435 e. The second-order valence-corrected chi connectivity index (χ2v) is 14.2. The summed E-state index contributed by atoms with van der Waals surface area (Å²) in [6.07, 6.45) is -12.7. The summed E-state index contributed by atoms with van der Waals surface area (Å²) in [5.41, 5.74) is -6.71. The zero-order chi connectivity index (χ0) is 33.3. The Morgan fingerprint density at radius 1 is 0.826 bits per heavy atom. The van der Waals surface area contributed by atoms with Gasteiger partial charge in [-0.15, -0.1) is 0 Å². The van der Waals surface area contributed by atoms with Crippen LogP contribution in [-0.4, -0.2) is 61.7 Å². The summed E-state index contributed by atoms with van der Waals surface area (Å²) < 4.78 is 138. The zero-order valence-electron chi connectivity index (χ0n) is 24.1. The highest BCUT2D eigenvalue weighted by atomic mass is 32.2. The van der Waals surface area contributed by atoms with Gasteiger partial charge in [0, 0.05) is 31.2 Å². The van der Waals surface area contributed by atoms with Crippen LogP contribution in [0.2, 0.25) is 0 Å². The van der Waals surface area contributed by atoms with E-state index in [4.69, 9.17) is 0 Å². The molecule has 1 unspecified atom stereocenters. The molecule has 3 aromatic carbocycles. The second-order valence-electron chi connectivity index (χ2n) is 12.0. The van der Waals surface area contributed by atoms with Crippen LogP contribution in [0.25, 0.3) is 0 Å². The van der Waals surface area contributed by atoms with Gasteiger partial charge in [-0.1, -0.05) is 48.5 Å². The van der Waals surface area contributed by atoms with Crippen molar-refractivity contribution in [3.63, 3.8) is 0 Å². The average Bonchev–Trinajstić information content (AvgIpc) is 3.57. The standard InChI is InChI=1S/C32H28F8N2O3S/c33-23-8-10-24(11-9-23)46(44,45)29-15-17-42(26-14-16-41(28(26)43)19-20-4-2-1-3-5-20)27(29)13-6-21-18-22(7-12-25(21)29)30(34,31(35,36)37)32(38,39)40/h1-5,7-12,18,26-27H,6,13-17,19H2/t26?,27-,29-/m1/s1. The van der Waals surface area contributed by atoms with Crippen molar-refractivity contribution in [1.82, 2.24) is 9.80 Å². The minimum Gasteiger partial charge on any atom is -0.337 e. The number of halogens is 8. The van der Waals surface area contributed by atoms with Gasteiger partial charge in [-0.05, 0) is 66.6 Å². The second kappa shape index (κ2) is 11.0. The highest BCUT2D eigenvalue weighted by Gasteiger charge is 2.74. The van der Waals surface area contributed by atoms with Crippen LogP contribution in [-0.2, 0) is 38.0 Å². The van der Waals surface area contributed by atoms with Crippen LogP contribution in [0.15, 0.2) is 77.7 Å². The number of carbonyl (C=O) groups excluding carboxylic acids is 1. The van der Waals surface area contributed by atoms with Crippen molar-refractivity contribution in [3.8, 4) is 0 Å². The fourth-order valence-electron chi connectivity index (χ4n) is 7.45. The Bertz CT molecular complexity index is 1730. The number of aryl methyl sites for hydroxylation is 1. The summed E-state index contributed by atoms with van der Waals surface area (Å²) in [4.78, 5) is 16.8. The van der Waals surface area contributed by atoms with Crippen molar-refractivity contribution in [2.75, 3.05) is 13.1 Å². The predicted octanol–water partition coefficient (Wildman–Crippen LogP) is 6.61. The van der Waals surface area contributed by atoms with Gasteiger partial charge < -0.3 is 4.90 Å². The Morgan fingerprint density at radius 3 is 2.11 bits per heavy atom. The lowest BCUT2D eigenvalue weighted by Gasteiger charge is -2.44. The summed E-state index contributed by atoms with van der Waals surface area (Å²) >= 11 is 0. The monoisotopic (exact) mass is 672 g/mol. The highest BCUT2D eigenvalue weighted by Crippen LogP contribution is 2.57. The van der Waals surface area contributed by atoms with Crippen LogP contribution >= 0.6 is 0 Å². The van der Waals surface area contributed by atoms with E-state index in [9.17, 15) is 43.9 Å². The smallest absolute Gasteiger partial charge is 0.337 e. The number of hydrogen-bond donors (Lipinski definition) is 0. The molecule has 2 saturated heterocycles. The third-order valence-electron chi connectivity index (χ3n) is 9.60. The normalized spacial score (nSPS) is 24.3. The van der Waals surface area contributed by atoms with Crippen molar-refractivity contribution in [2.24, 2.45) is 0 Å². The topological polar surface area (TPSA) is 57.7 Å². The zero-order valence-corrected chi connectivity index (χ0v) is 24.9. The molecule has 2 fully saturated rings. The van der Waals surface area contributed by atoms with Gasteiger partial charge in [0.1, 0.15) is 10.6 Å². The molecule has 0 radical (unpaired) electrons. The molecule has 3 aromatic rings. The lowest BCUT2D eigenvalue weighted by molar-refractivity contribution is -0.348. The van der Waals surface area contributed by atoms with Crippen molar-refractivity contribution in [1.29, 1.82) is 0 Å². The number of nitrogens with zero attached hydrogens (tertiary/aromatic N) is 2. The van der Waals surface area contributed by atoms with Gasteiger partial charge in [-0.25, -0.2) is 17.2 Å². The fraction of sp³-hybridized carbons (Fsp3) is 0.406. The molecular formula is C32H28F8N2O3S. The quantitative estimate of drug-likeness (QED) is 0.219. The Morgan fingerprint density at radius 2 is 1.48 bits per heavy atom. The Kier molecular flexibility index (Phi) is 7.78. The molecule has 2 aliphatic heterocycles. The summed E-state index contributed by atoms with van der Waals surface area (Å²) in [7, 11) is -4.51. The molecule has 14 heteroatoms. The lowest BCUT2D eigenvalue weighted by Crippen LogP contribution is -2.54. The van der Waals surface area contributed by atoms with E-state index in [1.807, 2.05) is 30.3 Å². The SMILES string of the molecule is O=C1C(N2CC[C@@]3(S(=O)(=O)c4ccc(F)cc4)c4ccc(C(F)(C(F)(F)F)C(F)(F)F)cc4CC[C@@H]23)CCN1Cc1ccccc1. The summed E-state index contributed by atoms with van der Waals surface area (Å²) in [5.74, 6) is -0.944. The predicted molar refractivity (Wildman–Crippen MR) is 150 cm³/mol. The molecule has 0 bridgehead atoms. The number of amides is 1. The first-order valence-corrected chi connectivity index (χ1v) is 16.1. The Labute approximate surface area is 259 Å². The van der Waals surface area contributed by atoms with E-state index >= 15 is 4.39 Å². The number of rotatable bonds is 6. The lowest BCUT2D eigenvalue weighted by atomic mass is 9.76. The maximum atomic E-state index is 15.1. The number of carbonyl (C=O) groups is 1. The first kappa shape index (κ1) is 32.4. The molecule has 246 valence electrons. The molecular weight excluding hydrogens is 644 g/mol. The Balaban J connectivity index is 1.44. The van der Waals surface area contributed by atoms with Crippen LogP contribution in [0.3, 0.4) is 0 Å². The van der Waals surface area contributed by atoms with Gasteiger partial charge in [0.05, 0.1) is 10.9 Å². The van der Waals surface area contributed by atoms with E-state index in [-0.39, 0.29) is 47.7 Å². The third-order valence-corrected chi connectivity index (χ3v) is 12.1. The van der Waals surface area contributed by atoms with Crippen molar-refractivity contribution >= 4 is 15.7 Å². The molecule has 0 aromatic heterocycles. The van der Waals surface area contributed by atoms with Gasteiger partial charge in [-0.2, -0.15) is 26.3 Å². The summed E-state index contributed by atoms with van der Waals surface area (Å²) in [6, 6.07) is 13.2. The molecule has 1 amide bonds. The maximum absolute atomic E-state index is 15.1. The van der Waals surface area contributed by atoms with Crippen molar-refractivity contribution < 1.29 is 48.3 Å². The van der Waals surface area contributed by atoms with Crippen LogP contribution in [0, 0.1) is 5.82 Å². The van der Waals surface area contributed by atoms with Crippen molar-refractivity contribution in [3.05, 3.63) is 101 Å². The Hall–Kier alpha value is -3.52. The van der Waals surface area contributed by atoms with Gasteiger partial charge in [0.25, 0.3) is 0 Å². The van der Waals surface area contributed by atoms with Gasteiger partial charge in [-0.3, -0.25) is 9.69 Å². The van der Waals surface area contributed by atoms with E-state index in [1.54, 1.807) is 9.80 Å². The number of likely N-dealkylation sites (tertiary alicyclic amines) is 2. The van der Waals surface area contributed by atoms with Crippen LogP contribution in [0.1, 0.15) is 41.5 Å². The molecule has 6 rings (SSSR count). The minimum atomic E-state index is -6.34. The molecule has 3 aliphatic rings. The fourth-order valence-corrected chi connectivity index (χ4v) is 9.83. The summed E-state index contributed by atoms with van der Waals surface area (Å²) in [6.45, 7) is 0.815. The van der Waals surface area contributed by atoms with E-state index < -0.39 is 56.1 Å². The molecule has 0 N–H and O–H groups in total. The molecule has 0 saturated carbocycles. The van der Waals surface area contributed by atoms with Crippen LogP contribution in [0.4, 0.5) is 35.1 Å². The highest BCUT2D eigenvalue weighted by molar-refractivity contribution is 7.92. The van der Waals surface area contributed by atoms with E-state index in [0.717, 1.165) is 35.9 Å². The minimum absolute atomic E-state index is 0.0450. The number of alkyl halides is 7. The number of sulfone groups is 1. The molecule has 0 spiro atoms. The molecule has 3 atom stereocenters. The van der Waals surface area contributed by atoms with Crippen LogP contribution < -0.4 is 0 Å². The molecule has 5 nitrogen and oxygen atoms in total. The first-order valence-electron chi connectivity index (χ1n) is 14.6. The number of benzene rings is 3. The van der Waals surface area contributed by atoms with Crippen LogP contribution in [0.5, 0.6) is 0 Å². The van der Waals surface area contributed by atoms with Gasteiger partial charge in [0.15, 0.2) is 9.84 Å². The van der Waals surface area contributed by atoms with Gasteiger partial charge >= 0.3 is 18.0 Å². The van der Waals surface area contributed by atoms with E-state index in [2.05, 4.69) is 0 Å². The average molecular weight is 673 g/mol.